The molecule has 1 aliphatic carbocycles. The topological polar surface area (TPSA) is 75.4 Å². The number of likely N-dealkylation sites (tertiary alicyclic amines) is 1. The molecule has 3 N–H and O–H groups in total. The summed E-state index contributed by atoms with van der Waals surface area (Å²) in [6.45, 7) is 5.25. The van der Waals surface area contributed by atoms with Gasteiger partial charge in [-0.15, -0.1) is 0 Å². The number of carbonyl (C=O) groups excluding carboxylic acids is 2. The number of nitrogens with one attached hydrogen (secondary N) is 1. The van der Waals surface area contributed by atoms with Crippen LogP contribution in [-0.4, -0.2) is 41.9 Å². The fraction of sp³-hybridized carbons (Fsp3) is 0.889. The van der Waals surface area contributed by atoms with Crippen molar-refractivity contribution in [2.75, 3.05) is 13.1 Å². The van der Waals surface area contributed by atoms with E-state index in [1.807, 2.05) is 4.90 Å². The normalized spacial score (nSPS) is 25.4. The lowest BCUT2D eigenvalue weighted by molar-refractivity contribution is -0.130. The molecule has 5 heteroatoms. The van der Waals surface area contributed by atoms with Gasteiger partial charge in [0.25, 0.3) is 0 Å². The Hall–Kier alpha value is -1.10. The lowest BCUT2D eigenvalue weighted by Crippen LogP contribution is -2.48. The lowest BCUT2D eigenvalue weighted by Gasteiger charge is -2.31. The highest BCUT2D eigenvalue weighted by molar-refractivity contribution is 5.89. The van der Waals surface area contributed by atoms with Crippen LogP contribution in [0, 0.1) is 11.8 Å². The van der Waals surface area contributed by atoms with Gasteiger partial charge in [-0.25, -0.2) is 0 Å². The zero-order valence-electron chi connectivity index (χ0n) is 14.7. The third kappa shape index (κ3) is 4.69. The molecule has 0 radical (unpaired) electrons. The van der Waals surface area contributed by atoms with Gasteiger partial charge in [-0.3, -0.25) is 9.59 Å². The van der Waals surface area contributed by atoms with Gasteiger partial charge in [-0.05, 0) is 32.1 Å². The van der Waals surface area contributed by atoms with E-state index in [9.17, 15) is 9.59 Å². The standard InChI is InChI=1S/C18H33N3O2/c1-3-7-13(2)21-12-15(10-17(21)22)18(23)20-16(11-19)14-8-5-4-6-9-14/h13-16H,3-12,19H2,1-2H3,(H,20,23). The molecular formula is C18H33N3O2. The van der Waals surface area contributed by atoms with Crippen LogP contribution in [0.15, 0.2) is 0 Å². The summed E-state index contributed by atoms with van der Waals surface area (Å²) >= 11 is 0. The van der Waals surface area contributed by atoms with Crippen molar-refractivity contribution in [3.8, 4) is 0 Å². The summed E-state index contributed by atoms with van der Waals surface area (Å²) in [6, 6.07) is 0.300. The van der Waals surface area contributed by atoms with Crippen LogP contribution in [0.2, 0.25) is 0 Å². The Morgan fingerprint density at radius 3 is 2.65 bits per heavy atom. The van der Waals surface area contributed by atoms with Gasteiger partial charge in [0.15, 0.2) is 0 Å². The molecule has 1 heterocycles. The minimum atomic E-state index is -0.209. The molecular weight excluding hydrogens is 290 g/mol. The zero-order chi connectivity index (χ0) is 16.8. The SMILES string of the molecule is CCCC(C)N1CC(C(=O)NC(CN)C2CCCCC2)CC1=O. The summed E-state index contributed by atoms with van der Waals surface area (Å²) in [4.78, 5) is 26.6. The average Bonchev–Trinajstić information content (AvgIpc) is 2.95. The number of amides is 2. The summed E-state index contributed by atoms with van der Waals surface area (Å²) in [5, 5.41) is 3.15. The molecule has 3 unspecified atom stereocenters. The van der Waals surface area contributed by atoms with Crippen molar-refractivity contribution < 1.29 is 9.59 Å². The predicted octanol–water partition coefficient (Wildman–Crippen LogP) is 2.05. The van der Waals surface area contributed by atoms with Crippen LogP contribution in [0.3, 0.4) is 0 Å². The third-order valence-corrected chi connectivity index (χ3v) is 5.57. The summed E-state index contributed by atoms with van der Waals surface area (Å²) in [5.74, 6) is 0.433. The first kappa shape index (κ1) is 18.2. The molecule has 3 atom stereocenters. The molecule has 2 amide bonds. The molecule has 1 saturated heterocycles. The predicted molar refractivity (Wildman–Crippen MR) is 91.8 cm³/mol. The van der Waals surface area contributed by atoms with E-state index in [1.54, 1.807) is 0 Å². The van der Waals surface area contributed by atoms with Gasteiger partial charge in [-0.1, -0.05) is 32.6 Å². The Morgan fingerprint density at radius 1 is 1.35 bits per heavy atom. The van der Waals surface area contributed by atoms with Gasteiger partial charge >= 0.3 is 0 Å². The summed E-state index contributed by atoms with van der Waals surface area (Å²) in [7, 11) is 0. The molecule has 0 aromatic carbocycles. The van der Waals surface area contributed by atoms with Crippen molar-refractivity contribution in [3.05, 3.63) is 0 Å². The third-order valence-electron chi connectivity index (χ3n) is 5.57. The second-order valence-electron chi connectivity index (χ2n) is 7.33. The summed E-state index contributed by atoms with van der Waals surface area (Å²) in [6.07, 6.45) is 8.48. The molecule has 1 aliphatic heterocycles. The maximum Gasteiger partial charge on any atom is 0.225 e. The van der Waals surface area contributed by atoms with E-state index in [1.165, 1.54) is 19.3 Å². The minimum absolute atomic E-state index is 0.0190. The quantitative estimate of drug-likeness (QED) is 0.753. The van der Waals surface area contributed by atoms with Gasteiger partial charge < -0.3 is 16.0 Å². The zero-order valence-corrected chi connectivity index (χ0v) is 14.7. The van der Waals surface area contributed by atoms with E-state index in [4.69, 9.17) is 5.73 Å². The molecule has 2 rings (SSSR count). The molecule has 23 heavy (non-hydrogen) atoms. The maximum atomic E-state index is 12.6. The Balaban J connectivity index is 1.88. The molecule has 0 aromatic heterocycles. The van der Waals surface area contributed by atoms with Crippen molar-refractivity contribution in [3.63, 3.8) is 0 Å². The van der Waals surface area contributed by atoms with E-state index in [-0.39, 0.29) is 29.8 Å². The highest BCUT2D eigenvalue weighted by Crippen LogP contribution is 2.27. The first-order valence-corrected chi connectivity index (χ1v) is 9.36. The van der Waals surface area contributed by atoms with Crippen LogP contribution in [0.5, 0.6) is 0 Å². The highest BCUT2D eigenvalue weighted by Gasteiger charge is 2.37. The van der Waals surface area contributed by atoms with Crippen molar-refractivity contribution in [2.24, 2.45) is 17.6 Å². The molecule has 1 saturated carbocycles. The number of hydrogen-bond donors (Lipinski definition) is 2. The average molecular weight is 323 g/mol. The number of nitrogens with two attached hydrogens (primary N) is 1. The van der Waals surface area contributed by atoms with E-state index in [2.05, 4.69) is 19.2 Å². The van der Waals surface area contributed by atoms with Crippen molar-refractivity contribution >= 4 is 11.8 Å². The molecule has 2 fully saturated rings. The molecule has 2 aliphatic rings. The van der Waals surface area contributed by atoms with E-state index in [0.29, 0.717) is 25.4 Å². The minimum Gasteiger partial charge on any atom is -0.352 e. The van der Waals surface area contributed by atoms with Crippen LogP contribution >= 0.6 is 0 Å². The number of rotatable bonds is 7. The number of hydrogen-bond acceptors (Lipinski definition) is 3. The van der Waals surface area contributed by atoms with Crippen LogP contribution in [-0.2, 0) is 9.59 Å². The van der Waals surface area contributed by atoms with Gasteiger partial charge in [0.1, 0.15) is 0 Å². The molecule has 132 valence electrons. The molecule has 0 spiro atoms. The van der Waals surface area contributed by atoms with Gasteiger partial charge in [0, 0.05) is 31.6 Å². The Kier molecular flexibility index (Phi) is 6.88. The molecule has 0 bridgehead atoms. The fourth-order valence-electron chi connectivity index (χ4n) is 4.11. The Labute approximate surface area is 140 Å². The van der Waals surface area contributed by atoms with E-state index >= 15 is 0 Å². The fourth-order valence-corrected chi connectivity index (χ4v) is 4.11. The van der Waals surface area contributed by atoms with Crippen LogP contribution in [0.25, 0.3) is 0 Å². The largest absolute Gasteiger partial charge is 0.352 e. The van der Waals surface area contributed by atoms with E-state index < -0.39 is 0 Å². The Bertz CT molecular complexity index is 407. The maximum absolute atomic E-state index is 12.6. The van der Waals surface area contributed by atoms with Crippen LogP contribution in [0.4, 0.5) is 0 Å². The van der Waals surface area contributed by atoms with Crippen molar-refractivity contribution in [1.29, 1.82) is 0 Å². The molecule has 0 aromatic rings. The van der Waals surface area contributed by atoms with Gasteiger partial charge in [-0.2, -0.15) is 0 Å². The van der Waals surface area contributed by atoms with Crippen molar-refractivity contribution in [1.82, 2.24) is 10.2 Å². The number of carbonyl (C=O) groups is 2. The lowest BCUT2D eigenvalue weighted by atomic mass is 9.83. The second kappa shape index (κ2) is 8.67. The van der Waals surface area contributed by atoms with Gasteiger partial charge in [0.2, 0.25) is 11.8 Å². The summed E-state index contributed by atoms with van der Waals surface area (Å²) in [5.41, 5.74) is 5.90. The molecule has 5 nitrogen and oxygen atoms in total. The summed E-state index contributed by atoms with van der Waals surface area (Å²) < 4.78 is 0. The van der Waals surface area contributed by atoms with Gasteiger partial charge in [0.05, 0.1) is 5.92 Å². The highest BCUT2D eigenvalue weighted by atomic mass is 16.2. The second-order valence-corrected chi connectivity index (χ2v) is 7.33. The van der Waals surface area contributed by atoms with Crippen LogP contribution in [0.1, 0.15) is 65.2 Å². The smallest absolute Gasteiger partial charge is 0.225 e. The Morgan fingerprint density at radius 2 is 2.04 bits per heavy atom. The van der Waals surface area contributed by atoms with Crippen molar-refractivity contribution in [2.45, 2.75) is 77.3 Å². The monoisotopic (exact) mass is 323 g/mol. The first-order chi connectivity index (χ1) is 11.1. The number of nitrogens with zero attached hydrogens (tertiary/aromatic N) is 1. The first-order valence-electron chi connectivity index (χ1n) is 9.36. The van der Waals surface area contributed by atoms with E-state index in [0.717, 1.165) is 25.7 Å². The van der Waals surface area contributed by atoms with Crippen LogP contribution < -0.4 is 11.1 Å².